The molecule has 0 spiro atoms. The molecular weight excluding hydrogens is 102 g/mol. The molecule has 42 valence electrons. The minimum atomic E-state index is 0.868. The van der Waals surface area contributed by atoms with E-state index in [1.54, 1.807) is 6.20 Å². The SMILES string of the molecule is C/C=C/c1cn[nH]n1. The van der Waals surface area contributed by atoms with Crippen LogP contribution in [0.4, 0.5) is 0 Å². The lowest BCUT2D eigenvalue weighted by Gasteiger charge is -1.71. The molecule has 1 rings (SSSR count). The van der Waals surface area contributed by atoms with Gasteiger partial charge in [0, 0.05) is 0 Å². The number of nitrogens with zero attached hydrogens (tertiary/aromatic N) is 2. The second-order valence-corrected chi connectivity index (χ2v) is 1.39. The fraction of sp³-hybridized carbons (Fsp3) is 0.200. The maximum atomic E-state index is 3.78. The minimum absolute atomic E-state index is 0.868. The molecule has 1 heterocycles. The number of aromatic amines is 1. The van der Waals surface area contributed by atoms with E-state index in [-0.39, 0.29) is 0 Å². The average Bonchev–Trinajstić information content (AvgIpc) is 2.19. The van der Waals surface area contributed by atoms with Crippen molar-refractivity contribution in [2.45, 2.75) is 6.92 Å². The molecule has 1 aromatic rings. The van der Waals surface area contributed by atoms with Crippen LogP contribution in [0.5, 0.6) is 0 Å². The smallest absolute Gasteiger partial charge is 0.105 e. The Hall–Kier alpha value is -1.12. The van der Waals surface area contributed by atoms with Gasteiger partial charge in [-0.25, -0.2) is 0 Å². The molecule has 1 N–H and O–H groups in total. The molecule has 0 amide bonds. The monoisotopic (exact) mass is 109 g/mol. The Kier molecular flexibility index (Phi) is 1.42. The maximum Gasteiger partial charge on any atom is 0.105 e. The highest BCUT2D eigenvalue weighted by atomic mass is 15.3. The molecule has 0 saturated heterocycles. The van der Waals surface area contributed by atoms with Gasteiger partial charge in [-0.05, 0) is 13.0 Å². The summed E-state index contributed by atoms with van der Waals surface area (Å²) in [7, 11) is 0. The zero-order valence-electron chi connectivity index (χ0n) is 4.63. The van der Waals surface area contributed by atoms with Crippen LogP contribution in [0.2, 0.25) is 0 Å². The van der Waals surface area contributed by atoms with Gasteiger partial charge in [-0.1, -0.05) is 6.08 Å². The number of hydrogen-bond donors (Lipinski definition) is 1. The van der Waals surface area contributed by atoms with Crippen molar-refractivity contribution in [3.63, 3.8) is 0 Å². The van der Waals surface area contributed by atoms with E-state index in [1.807, 2.05) is 19.1 Å². The fourth-order valence-electron chi connectivity index (χ4n) is 0.462. The summed E-state index contributed by atoms with van der Waals surface area (Å²) in [5, 5.41) is 9.90. The van der Waals surface area contributed by atoms with Crippen molar-refractivity contribution in [3.8, 4) is 0 Å². The largest absolute Gasteiger partial charge is 0.197 e. The highest BCUT2D eigenvalue weighted by Gasteiger charge is 1.82. The molecule has 0 aliphatic heterocycles. The summed E-state index contributed by atoms with van der Waals surface area (Å²) < 4.78 is 0. The second kappa shape index (κ2) is 2.26. The summed E-state index contributed by atoms with van der Waals surface area (Å²) >= 11 is 0. The first-order valence-electron chi connectivity index (χ1n) is 2.42. The van der Waals surface area contributed by atoms with Crippen molar-refractivity contribution in [3.05, 3.63) is 18.0 Å². The third-order valence-corrected chi connectivity index (χ3v) is 0.771. The van der Waals surface area contributed by atoms with Gasteiger partial charge in [0.25, 0.3) is 0 Å². The van der Waals surface area contributed by atoms with Crippen molar-refractivity contribution in [1.82, 2.24) is 15.4 Å². The first-order valence-corrected chi connectivity index (χ1v) is 2.42. The van der Waals surface area contributed by atoms with Gasteiger partial charge < -0.3 is 0 Å². The molecule has 1 aromatic heterocycles. The lowest BCUT2D eigenvalue weighted by Crippen LogP contribution is -1.68. The van der Waals surface area contributed by atoms with Crippen LogP contribution in [0.15, 0.2) is 12.3 Å². The number of H-pyrrole nitrogens is 1. The average molecular weight is 109 g/mol. The van der Waals surface area contributed by atoms with Crippen molar-refractivity contribution < 1.29 is 0 Å². The molecule has 0 saturated carbocycles. The van der Waals surface area contributed by atoms with Crippen LogP contribution in [-0.4, -0.2) is 15.4 Å². The highest BCUT2D eigenvalue weighted by Crippen LogP contribution is 1.89. The van der Waals surface area contributed by atoms with Crippen molar-refractivity contribution in [2.24, 2.45) is 0 Å². The molecule has 3 heteroatoms. The third-order valence-electron chi connectivity index (χ3n) is 0.771. The minimum Gasteiger partial charge on any atom is -0.197 e. The van der Waals surface area contributed by atoms with Crippen molar-refractivity contribution in [1.29, 1.82) is 0 Å². The first kappa shape index (κ1) is 5.03. The van der Waals surface area contributed by atoms with Gasteiger partial charge in [-0.2, -0.15) is 15.4 Å². The summed E-state index contributed by atoms with van der Waals surface area (Å²) in [5.74, 6) is 0. The zero-order chi connectivity index (χ0) is 5.82. The summed E-state index contributed by atoms with van der Waals surface area (Å²) in [6.45, 7) is 1.94. The lowest BCUT2D eigenvalue weighted by atomic mass is 10.4. The molecule has 8 heavy (non-hydrogen) atoms. The van der Waals surface area contributed by atoms with Gasteiger partial charge in [0.15, 0.2) is 0 Å². The van der Waals surface area contributed by atoms with Crippen LogP contribution >= 0.6 is 0 Å². The molecule has 0 bridgehead atoms. The normalized spacial score (nSPS) is 10.6. The van der Waals surface area contributed by atoms with E-state index >= 15 is 0 Å². The van der Waals surface area contributed by atoms with E-state index in [9.17, 15) is 0 Å². The topological polar surface area (TPSA) is 41.6 Å². The van der Waals surface area contributed by atoms with Crippen LogP contribution < -0.4 is 0 Å². The lowest BCUT2D eigenvalue weighted by molar-refractivity contribution is 0.937. The number of nitrogens with one attached hydrogen (secondary N) is 1. The van der Waals surface area contributed by atoms with Crippen LogP contribution in [-0.2, 0) is 0 Å². The number of allylic oxidation sites excluding steroid dienone is 1. The van der Waals surface area contributed by atoms with Gasteiger partial charge in [-0.3, -0.25) is 0 Å². The maximum absolute atomic E-state index is 3.78. The standard InChI is InChI=1S/C5H7N3/c1-2-3-5-4-6-8-7-5/h2-4H,1H3,(H,6,7,8)/b3-2+. The Labute approximate surface area is 47.4 Å². The Morgan fingerprint density at radius 2 is 2.62 bits per heavy atom. The Morgan fingerprint density at radius 1 is 1.75 bits per heavy atom. The molecule has 0 fully saturated rings. The highest BCUT2D eigenvalue weighted by molar-refractivity contribution is 5.41. The van der Waals surface area contributed by atoms with E-state index in [4.69, 9.17) is 0 Å². The fourth-order valence-corrected chi connectivity index (χ4v) is 0.462. The van der Waals surface area contributed by atoms with Gasteiger partial charge in [0.1, 0.15) is 5.69 Å². The third kappa shape index (κ3) is 0.932. The Bertz CT molecular complexity index is 164. The summed E-state index contributed by atoms with van der Waals surface area (Å²) in [6.07, 6.45) is 5.46. The van der Waals surface area contributed by atoms with Crippen LogP contribution in [0.25, 0.3) is 6.08 Å². The number of aromatic nitrogens is 3. The van der Waals surface area contributed by atoms with Crippen LogP contribution in [0.3, 0.4) is 0 Å². The van der Waals surface area contributed by atoms with E-state index in [1.165, 1.54) is 0 Å². The van der Waals surface area contributed by atoms with Crippen LogP contribution in [0, 0.1) is 0 Å². The molecule has 0 radical (unpaired) electrons. The Morgan fingerprint density at radius 3 is 3.12 bits per heavy atom. The van der Waals surface area contributed by atoms with E-state index in [0.717, 1.165) is 5.69 Å². The van der Waals surface area contributed by atoms with Crippen molar-refractivity contribution >= 4 is 6.08 Å². The summed E-state index contributed by atoms with van der Waals surface area (Å²) in [5.41, 5.74) is 0.868. The second-order valence-electron chi connectivity index (χ2n) is 1.39. The van der Waals surface area contributed by atoms with Gasteiger partial charge >= 0.3 is 0 Å². The van der Waals surface area contributed by atoms with E-state index in [2.05, 4.69) is 15.4 Å². The first-order chi connectivity index (χ1) is 3.93. The Balaban J connectivity index is 2.77. The van der Waals surface area contributed by atoms with Gasteiger partial charge in [-0.15, -0.1) is 0 Å². The van der Waals surface area contributed by atoms with Gasteiger partial charge in [0.05, 0.1) is 6.20 Å². The molecule has 0 aliphatic carbocycles. The zero-order valence-corrected chi connectivity index (χ0v) is 4.63. The molecule has 0 aromatic carbocycles. The molecule has 0 atom stereocenters. The predicted octanol–water partition coefficient (Wildman–Crippen LogP) is 0.838. The summed E-state index contributed by atoms with van der Waals surface area (Å²) in [6, 6.07) is 0. The molecule has 0 aliphatic rings. The van der Waals surface area contributed by atoms with Crippen molar-refractivity contribution in [2.75, 3.05) is 0 Å². The molecular formula is C5H7N3. The quantitative estimate of drug-likeness (QED) is 0.580. The van der Waals surface area contributed by atoms with E-state index < -0.39 is 0 Å². The molecule has 0 unspecified atom stereocenters. The summed E-state index contributed by atoms with van der Waals surface area (Å²) in [4.78, 5) is 0. The van der Waals surface area contributed by atoms with Gasteiger partial charge in [0.2, 0.25) is 0 Å². The van der Waals surface area contributed by atoms with Crippen LogP contribution in [0.1, 0.15) is 12.6 Å². The van der Waals surface area contributed by atoms with E-state index in [0.29, 0.717) is 0 Å². The number of rotatable bonds is 1. The number of hydrogen-bond acceptors (Lipinski definition) is 2. The predicted molar refractivity (Wildman–Crippen MR) is 31.1 cm³/mol. The molecule has 3 nitrogen and oxygen atoms in total.